The molecule has 6 heteroatoms. The van der Waals surface area contributed by atoms with Gasteiger partial charge in [0.2, 0.25) is 5.56 Å². The molecule has 0 bridgehead atoms. The zero-order chi connectivity index (χ0) is 18.9. The molecular formula is C21H19N3O3. The lowest BCUT2D eigenvalue weighted by atomic mass is 9.81. The van der Waals surface area contributed by atoms with E-state index >= 15 is 0 Å². The molecule has 0 fully saturated rings. The van der Waals surface area contributed by atoms with Crippen molar-refractivity contribution in [1.29, 1.82) is 0 Å². The van der Waals surface area contributed by atoms with Crippen LogP contribution >= 0.6 is 0 Å². The van der Waals surface area contributed by atoms with Gasteiger partial charge in [0.25, 0.3) is 5.91 Å². The monoisotopic (exact) mass is 361 g/mol. The molecule has 27 heavy (non-hydrogen) atoms. The Bertz CT molecular complexity index is 1020. The maximum atomic E-state index is 13.0. The molecule has 1 aromatic carbocycles. The zero-order valence-electron chi connectivity index (χ0n) is 14.9. The molecule has 4 rings (SSSR count). The number of benzene rings is 1. The molecule has 1 atom stereocenters. The van der Waals surface area contributed by atoms with E-state index in [1.807, 2.05) is 43.3 Å². The maximum absolute atomic E-state index is 13.0. The average Bonchev–Trinajstić information content (AvgIpc) is 2.69. The van der Waals surface area contributed by atoms with E-state index in [2.05, 4.69) is 15.3 Å². The summed E-state index contributed by atoms with van der Waals surface area (Å²) in [5.41, 5.74) is 2.07. The lowest BCUT2D eigenvalue weighted by Gasteiger charge is -2.39. The molecule has 6 nitrogen and oxygen atoms in total. The molecule has 0 saturated carbocycles. The number of ether oxygens (including phenoxy) is 1. The van der Waals surface area contributed by atoms with Crippen molar-refractivity contribution in [2.75, 3.05) is 6.61 Å². The van der Waals surface area contributed by atoms with Gasteiger partial charge in [0.05, 0.1) is 12.2 Å². The molecule has 0 radical (unpaired) electrons. The number of hydrogen-bond acceptors (Lipinski definition) is 4. The van der Waals surface area contributed by atoms with Crippen molar-refractivity contribution in [3.05, 3.63) is 93.7 Å². The van der Waals surface area contributed by atoms with E-state index < -0.39 is 5.54 Å². The third kappa shape index (κ3) is 3.10. The van der Waals surface area contributed by atoms with E-state index in [1.54, 1.807) is 6.20 Å². The fourth-order valence-corrected chi connectivity index (χ4v) is 3.39. The van der Waals surface area contributed by atoms with Gasteiger partial charge in [-0.2, -0.15) is 0 Å². The smallest absolute Gasteiger partial charge is 0.253 e. The number of H-pyrrole nitrogens is 1. The Hall–Kier alpha value is -3.41. The number of amides is 1. The molecule has 136 valence electrons. The first kappa shape index (κ1) is 17.0. The summed E-state index contributed by atoms with van der Waals surface area (Å²) < 4.78 is 5.77. The number of fused-ring (bicyclic) bond motifs is 1. The first-order chi connectivity index (χ1) is 13.1. The van der Waals surface area contributed by atoms with Crippen LogP contribution in [0.15, 0.2) is 65.7 Å². The Morgan fingerprint density at radius 3 is 2.74 bits per heavy atom. The summed E-state index contributed by atoms with van der Waals surface area (Å²) in [6.07, 6.45) is 3.66. The van der Waals surface area contributed by atoms with Crippen molar-refractivity contribution in [2.24, 2.45) is 0 Å². The number of hydrogen-bond donors (Lipinski definition) is 2. The molecule has 1 aliphatic heterocycles. The number of nitrogens with zero attached hydrogens (tertiary/aromatic N) is 1. The van der Waals surface area contributed by atoms with Crippen LogP contribution in [0.2, 0.25) is 0 Å². The lowest BCUT2D eigenvalue weighted by molar-refractivity contribution is 0.0883. The van der Waals surface area contributed by atoms with Crippen molar-refractivity contribution in [3.8, 4) is 5.75 Å². The van der Waals surface area contributed by atoms with Gasteiger partial charge in [0, 0.05) is 24.9 Å². The zero-order valence-corrected chi connectivity index (χ0v) is 14.9. The number of aromatic nitrogens is 2. The highest BCUT2D eigenvalue weighted by molar-refractivity contribution is 5.94. The Balaban J connectivity index is 1.82. The van der Waals surface area contributed by atoms with Gasteiger partial charge in [0.15, 0.2) is 0 Å². The second-order valence-corrected chi connectivity index (χ2v) is 6.62. The maximum Gasteiger partial charge on any atom is 0.253 e. The fourth-order valence-electron chi connectivity index (χ4n) is 3.39. The second-order valence-electron chi connectivity index (χ2n) is 6.62. The van der Waals surface area contributed by atoms with Crippen LogP contribution in [0.3, 0.4) is 0 Å². The molecule has 3 aromatic rings. The largest absolute Gasteiger partial charge is 0.491 e. The summed E-state index contributed by atoms with van der Waals surface area (Å²) in [5.74, 6) is 0.372. The number of carbonyl (C=O) groups is 1. The van der Waals surface area contributed by atoms with Crippen LogP contribution in [0.5, 0.6) is 5.75 Å². The first-order valence-corrected chi connectivity index (χ1v) is 8.75. The summed E-state index contributed by atoms with van der Waals surface area (Å²) >= 11 is 0. The quantitative estimate of drug-likeness (QED) is 0.751. The Morgan fingerprint density at radius 2 is 2.00 bits per heavy atom. The second kappa shape index (κ2) is 6.72. The minimum atomic E-state index is -0.810. The summed E-state index contributed by atoms with van der Waals surface area (Å²) in [5, 5.41) is 3.16. The normalized spacial score (nSPS) is 18.3. The van der Waals surface area contributed by atoms with Crippen LogP contribution in [0.4, 0.5) is 0 Å². The molecule has 2 N–H and O–H groups in total. The van der Waals surface area contributed by atoms with Gasteiger partial charge in [-0.25, -0.2) is 0 Å². The van der Waals surface area contributed by atoms with E-state index in [-0.39, 0.29) is 11.5 Å². The summed E-state index contributed by atoms with van der Waals surface area (Å²) in [6.45, 7) is 2.48. The van der Waals surface area contributed by atoms with Crippen molar-refractivity contribution in [3.63, 3.8) is 0 Å². The highest BCUT2D eigenvalue weighted by Crippen LogP contribution is 2.40. The Labute approximate surface area is 156 Å². The van der Waals surface area contributed by atoms with Crippen LogP contribution < -0.4 is 15.6 Å². The minimum absolute atomic E-state index is 0.252. The van der Waals surface area contributed by atoms with Crippen molar-refractivity contribution in [1.82, 2.24) is 15.3 Å². The fraction of sp³-hybridized carbons (Fsp3) is 0.190. The van der Waals surface area contributed by atoms with Gasteiger partial charge in [-0.15, -0.1) is 0 Å². The standard InChI is InChI=1S/C21H19N3O3/c1-14-4-7-16(8-5-14)21(10-12-27-17-3-2-11-22-19(17)21)24-20(26)15-6-9-18(25)23-13-15/h2-9,11,13H,10,12H2,1H3,(H,23,25)(H,24,26)/t21-/m0/s1. The van der Waals surface area contributed by atoms with Crippen LogP contribution in [0.1, 0.15) is 33.6 Å². The number of pyridine rings is 2. The van der Waals surface area contributed by atoms with E-state index in [0.717, 1.165) is 11.1 Å². The van der Waals surface area contributed by atoms with Gasteiger partial charge in [-0.3, -0.25) is 14.6 Å². The number of nitrogens with one attached hydrogen (secondary N) is 2. The van der Waals surface area contributed by atoms with Crippen molar-refractivity contribution < 1.29 is 9.53 Å². The third-order valence-corrected chi connectivity index (χ3v) is 4.83. The Kier molecular flexibility index (Phi) is 4.24. The van der Waals surface area contributed by atoms with Gasteiger partial charge in [0.1, 0.15) is 17.0 Å². The van der Waals surface area contributed by atoms with Gasteiger partial charge >= 0.3 is 0 Å². The SMILES string of the molecule is Cc1ccc([C@@]2(NC(=O)c3ccc(=O)[nH]c3)CCOc3cccnc32)cc1. The van der Waals surface area contributed by atoms with E-state index in [1.165, 1.54) is 18.3 Å². The number of aryl methyl sites for hydroxylation is 1. The van der Waals surface area contributed by atoms with Crippen LogP contribution in [-0.2, 0) is 5.54 Å². The Morgan fingerprint density at radius 1 is 1.19 bits per heavy atom. The van der Waals surface area contributed by atoms with E-state index in [9.17, 15) is 9.59 Å². The molecule has 0 aliphatic carbocycles. The molecule has 0 spiro atoms. The average molecular weight is 361 g/mol. The topological polar surface area (TPSA) is 84.1 Å². The van der Waals surface area contributed by atoms with Crippen molar-refractivity contribution >= 4 is 5.91 Å². The predicted molar refractivity (Wildman–Crippen MR) is 101 cm³/mol. The number of aromatic amines is 1. The summed E-state index contributed by atoms with van der Waals surface area (Å²) in [6, 6.07) is 14.6. The van der Waals surface area contributed by atoms with Crippen LogP contribution in [0.25, 0.3) is 0 Å². The first-order valence-electron chi connectivity index (χ1n) is 8.75. The molecule has 0 saturated heterocycles. The van der Waals surface area contributed by atoms with E-state index in [0.29, 0.717) is 30.0 Å². The highest BCUT2D eigenvalue weighted by atomic mass is 16.5. The molecular weight excluding hydrogens is 342 g/mol. The third-order valence-electron chi connectivity index (χ3n) is 4.83. The van der Waals surface area contributed by atoms with Gasteiger partial charge in [-0.1, -0.05) is 29.8 Å². The highest BCUT2D eigenvalue weighted by Gasteiger charge is 2.42. The molecule has 2 aromatic heterocycles. The molecule has 1 amide bonds. The van der Waals surface area contributed by atoms with E-state index in [4.69, 9.17) is 4.74 Å². The summed E-state index contributed by atoms with van der Waals surface area (Å²) in [4.78, 5) is 31.4. The lowest BCUT2D eigenvalue weighted by Crippen LogP contribution is -2.50. The van der Waals surface area contributed by atoms with Gasteiger partial charge in [-0.05, 0) is 30.7 Å². The molecule has 1 aliphatic rings. The predicted octanol–water partition coefficient (Wildman–Crippen LogP) is 2.53. The number of rotatable bonds is 3. The minimum Gasteiger partial charge on any atom is -0.491 e. The van der Waals surface area contributed by atoms with Gasteiger partial charge < -0.3 is 15.0 Å². The van der Waals surface area contributed by atoms with Crippen molar-refractivity contribution in [2.45, 2.75) is 18.9 Å². The van der Waals surface area contributed by atoms with Crippen LogP contribution in [0, 0.1) is 6.92 Å². The molecule has 0 unspecified atom stereocenters. The molecule has 3 heterocycles. The van der Waals surface area contributed by atoms with Crippen LogP contribution in [-0.4, -0.2) is 22.5 Å². The number of carbonyl (C=O) groups excluding carboxylic acids is 1. The summed E-state index contributed by atoms with van der Waals surface area (Å²) in [7, 11) is 0.